The summed E-state index contributed by atoms with van der Waals surface area (Å²) >= 11 is 0. The number of para-hydroxylation sites is 1. The van der Waals surface area contributed by atoms with Gasteiger partial charge in [-0.1, -0.05) is 36.4 Å². The molecule has 0 aromatic heterocycles. The van der Waals surface area contributed by atoms with E-state index in [-0.39, 0.29) is 19.1 Å². The average Bonchev–Trinajstić information content (AvgIpc) is 3.12. The van der Waals surface area contributed by atoms with Gasteiger partial charge in [0.15, 0.2) is 16.4 Å². The van der Waals surface area contributed by atoms with Crippen LogP contribution in [0.4, 0.5) is 0 Å². The number of rotatable bonds is 5. The second-order valence-corrected chi connectivity index (χ2v) is 7.94. The minimum absolute atomic E-state index is 0.0812. The fourth-order valence-electron chi connectivity index (χ4n) is 2.76. The summed E-state index contributed by atoms with van der Waals surface area (Å²) in [5.41, 5.74) is 0. The normalized spacial score (nSPS) is 17.7. The Morgan fingerprint density at radius 2 is 1.67 bits per heavy atom. The molecule has 1 saturated heterocycles. The van der Waals surface area contributed by atoms with Crippen molar-refractivity contribution in [2.24, 2.45) is 0 Å². The van der Waals surface area contributed by atoms with E-state index < -0.39 is 15.1 Å². The summed E-state index contributed by atoms with van der Waals surface area (Å²) in [5, 5.41) is -0.555. The maximum Gasteiger partial charge on any atom is 0.260 e. The topological polar surface area (TPSA) is 63.7 Å². The molecule has 24 heavy (non-hydrogen) atoms. The van der Waals surface area contributed by atoms with E-state index in [1.807, 2.05) is 18.2 Å². The van der Waals surface area contributed by atoms with Gasteiger partial charge in [0.2, 0.25) is 0 Å². The van der Waals surface area contributed by atoms with E-state index in [0.717, 1.165) is 0 Å². The van der Waals surface area contributed by atoms with Gasteiger partial charge >= 0.3 is 0 Å². The van der Waals surface area contributed by atoms with Crippen molar-refractivity contribution in [1.82, 2.24) is 4.90 Å². The molecule has 1 aliphatic heterocycles. The van der Waals surface area contributed by atoms with Crippen molar-refractivity contribution in [2.75, 3.05) is 19.7 Å². The quantitative estimate of drug-likeness (QED) is 0.833. The highest BCUT2D eigenvalue weighted by atomic mass is 32.2. The number of carbonyl (C=O) groups is 1. The van der Waals surface area contributed by atoms with Crippen LogP contribution in [0.3, 0.4) is 0 Å². The molecule has 0 radical (unpaired) electrons. The van der Waals surface area contributed by atoms with Crippen LogP contribution >= 0.6 is 0 Å². The molecule has 0 saturated carbocycles. The predicted molar refractivity (Wildman–Crippen MR) is 90.5 cm³/mol. The first kappa shape index (κ1) is 16.5. The van der Waals surface area contributed by atoms with Crippen molar-refractivity contribution in [2.45, 2.75) is 16.6 Å². The molecule has 1 unspecified atom stereocenters. The molecule has 1 aliphatic rings. The van der Waals surface area contributed by atoms with Crippen LogP contribution in [0.25, 0.3) is 0 Å². The maximum atomic E-state index is 12.6. The Balaban J connectivity index is 1.60. The molecular formula is C18H19NO4S. The highest BCUT2D eigenvalue weighted by Gasteiger charge is 2.36. The van der Waals surface area contributed by atoms with Gasteiger partial charge in [-0.3, -0.25) is 4.79 Å². The SMILES string of the molecule is O=C(COc1ccccc1)N1CCC(S(=O)(=O)c2ccccc2)C1. The molecule has 5 nitrogen and oxygen atoms in total. The number of hydrogen-bond donors (Lipinski definition) is 0. The number of amides is 1. The molecule has 1 heterocycles. The number of sulfone groups is 1. The second kappa shape index (κ2) is 7.05. The highest BCUT2D eigenvalue weighted by molar-refractivity contribution is 7.92. The van der Waals surface area contributed by atoms with E-state index in [1.54, 1.807) is 47.4 Å². The molecule has 1 fully saturated rings. The van der Waals surface area contributed by atoms with E-state index in [0.29, 0.717) is 23.6 Å². The lowest BCUT2D eigenvalue weighted by Crippen LogP contribution is -2.35. The first-order chi connectivity index (χ1) is 11.6. The van der Waals surface area contributed by atoms with Crippen molar-refractivity contribution in [3.8, 4) is 5.75 Å². The van der Waals surface area contributed by atoms with Gasteiger partial charge in [0, 0.05) is 13.1 Å². The van der Waals surface area contributed by atoms with E-state index in [9.17, 15) is 13.2 Å². The molecule has 0 N–H and O–H groups in total. The Hall–Kier alpha value is -2.34. The average molecular weight is 345 g/mol. The van der Waals surface area contributed by atoms with Crippen molar-refractivity contribution < 1.29 is 17.9 Å². The van der Waals surface area contributed by atoms with E-state index in [4.69, 9.17) is 4.74 Å². The van der Waals surface area contributed by atoms with E-state index >= 15 is 0 Å². The van der Waals surface area contributed by atoms with Crippen LogP contribution in [-0.2, 0) is 14.6 Å². The van der Waals surface area contributed by atoms with Gasteiger partial charge in [0.05, 0.1) is 10.1 Å². The number of likely N-dealkylation sites (tertiary alicyclic amines) is 1. The standard InChI is InChI=1S/C18H19NO4S/c20-18(14-23-15-7-3-1-4-8-15)19-12-11-17(13-19)24(21,22)16-9-5-2-6-10-16/h1-10,17H,11-14H2. The van der Waals surface area contributed by atoms with Crippen molar-refractivity contribution in [1.29, 1.82) is 0 Å². The fourth-order valence-corrected chi connectivity index (χ4v) is 4.48. The molecule has 126 valence electrons. The van der Waals surface area contributed by atoms with Crippen molar-refractivity contribution in [3.63, 3.8) is 0 Å². The molecule has 0 spiro atoms. The van der Waals surface area contributed by atoms with Gasteiger partial charge < -0.3 is 9.64 Å². The van der Waals surface area contributed by atoms with E-state index in [1.165, 1.54) is 0 Å². The molecule has 2 aromatic carbocycles. The number of ether oxygens (including phenoxy) is 1. The van der Waals surface area contributed by atoms with Gasteiger partial charge in [-0.15, -0.1) is 0 Å². The minimum atomic E-state index is -3.41. The molecule has 1 amide bonds. The van der Waals surface area contributed by atoms with Crippen LogP contribution in [0.15, 0.2) is 65.6 Å². The smallest absolute Gasteiger partial charge is 0.260 e. The second-order valence-electron chi connectivity index (χ2n) is 5.71. The number of hydrogen-bond acceptors (Lipinski definition) is 4. The number of carbonyl (C=O) groups excluding carboxylic acids is 1. The lowest BCUT2D eigenvalue weighted by atomic mass is 10.3. The van der Waals surface area contributed by atoms with Crippen LogP contribution < -0.4 is 4.74 Å². The molecular weight excluding hydrogens is 326 g/mol. The summed E-state index contributed by atoms with van der Waals surface area (Å²) in [6.07, 6.45) is 0.453. The van der Waals surface area contributed by atoms with Crippen LogP contribution in [0.1, 0.15) is 6.42 Å². The lowest BCUT2D eigenvalue weighted by Gasteiger charge is -2.17. The number of nitrogens with zero attached hydrogens (tertiary/aromatic N) is 1. The third kappa shape index (κ3) is 3.59. The Bertz CT molecular complexity index is 790. The molecule has 2 aromatic rings. The lowest BCUT2D eigenvalue weighted by molar-refractivity contribution is -0.132. The van der Waals surface area contributed by atoms with Crippen molar-refractivity contribution >= 4 is 15.7 Å². The summed E-state index contributed by atoms with van der Waals surface area (Å²) < 4.78 is 30.7. The van der Waals surface area contributed by atoms with Crippen LogP contribution in [0.2, 0.25) is 0 Å². The summed E-state index contributed by atoms with van der Waals surface area (Å²) in [4.78, 5) is 14.1. The Morgan fingerprint density at radius 3 is 2.33 bits per heavy atom. The number of benzene rings is 2. The highest BCUT2D eigenvalue weighted by Crippen LogP contribution is 2.24. The summed E-state index contributed by atoms with van der Waals surface area (Å²) in [7, 11) is -3.41. The molecule has 3 rings (SSSR count). The zero-order valence-corrected chi connectivity index (χ0v) is 14.0. The largest absolute Gasteiger partial charge is 0.484 e. The van der Waals surface area contributed by atoms with Crippen LogP contribution in [-0.4, -0.2) is 44.2 Å². The van der Waals surface area contributed by atoms with Crippen LogP contribution in [0.5, 0.6) is 5.75 Å². The van der Waals surface area contributed by atoms with Crippen LogP contribution in [0, 0.1) is 0 Å². The molecule has 1 atom stereocenters. The summed E-state index contributed by atoms with van der Waals surface area (Å²) in [6.45, 7) is 0.573. The van der Waals surface area contributed by atoms with Gasteiger partial charge in [0.25, 0.3) is 5.91 Å². The maximum absolute atomic E-state index is 12.6. The predicted octanol–water partition coefficient (Wildman–Crippen LogP) is 2.14. The Morgan fingerprint density at radius 1 is 1.04 bits per heavy atom. The minimum Gasteiger partial charge on any atom is -0.484 e. The fraction of sp³-hybridized carbons (Fsp3) is 0.278. The Kier molecular flexibility index (Phi) is 4.85. The zero-order chi connectivity index (χ0) is 17.0. The summed E-state index contributed by atoms with van der Waals surface area (Å²) in [6, 6.07) is 17.5. The third-order valence-corrected chi connectivity index (χ3v) is 6.31. The first-order valence-corrected chi connectivity index (χ1v) is 9.36. The Labute approximate surface area is 141 Å². The summed E-state index contributed by atoms with van der Waals surface area (Å²) in [5.74, 6) is 0.433. The molecule has 6 heteroatoms. The third-order valence-electron chi connectivity index (χ3n) is 4.11. The van der Waals surface area contributed by atoms with Gasteiger partial charge in [-0.2, -0.15) is 0 Å². The monoisotopic (exact) mass is 345 g/mol. The molecule has 0 aliphatic carbocycles. The molecule has 0 bridgehead atoms. The van der Waals surface area contributed by atoms with Gasteiger partial charge in [-0.25, -0.2) is 8.42 Å². The zero-order valence-electron chi connectivity index (χ0n) is 13.2. The van der Waals surface area contributed by atoms with Gasteiger partial charge in [-0.05, 0) is 30.7 Å². The first-order valence-electron chi connectivity index (χ1n) is 7.82. The van der Waals surface area contributed by atoms with Crippen molar-refractivity contribution in [3.05, 3.63) is 60.7 Å². The van der Waals surface area contributed by atoms with Gasteiger partial charge in [0.1, 0.15) is 5.75 Å². The van der Waals surface area contributed by atoms with E-state index in [2.05, 4.69) is 0 Å².